The van der Waals surface area contributed by atoms with E-state index in [0.717, 1.165) is 22.4 Å². The summed E-state index contributed by atoms with van der Waals surface area (Å²) in [4.78, 5) is 12.6. The van der Waals surface area contributed by atoms with Crippen molar-refractivity contribution in [1.29, 1.82) is 0 Å². The van der Waals surface area contributed by atoms with Gasteiger partial charge in [0.2, 0.25) is 5.91 Å². The van der Waals surface area contributed by atoms with Crippen LogP contribution < -0.4 is 5.32 Å². The summed E-state index contributed by atoms with van der Waals surface area (Å²) in [5.74, 6) is -0.248. The maximum absolute atomic E-state index is 12.6. The molecule has 0 spiro atoms. The lowest BCUT2D eigenvalue weighted by Crippen LogP contribution is -2.41. The van der Waals surface area contributed by atoms with E-state index in [2.05, 4.69) is 5.32 Å². The van der Waals surface area contributed by atoms with Crippen LogP contribution in [0.2, 0.25) is 4.34 Å². The molecule has 1 aliphatic rings. The van der Waals surface area contributed by atoms with Gasteiger partial charge in [-0.25, -0.2) is 8.42 Å². The second-order valence-corrected chi connectivity index (χ2v) is 11.2. The highest BCUT2D eigenvalue weighted by molar-refractivity contribution is 7.91. The molecule has 0 atom stereocenters. The lowest BCUT2D eigenvalue weighted by molar-refractivity contribution is -0.120. The number of sulfonamides is 1. The van der Waals surface area contributed by atoms with Crippen LogP contribution in [0.4, 0.5) is 5.69 Å². The number of carbonyl (C=O) groups excluding carboxylic acids is 1. The molecule has 5 nitrogen and oxygen atoms in total. The van der Waals surface area contributed by atoms with Gasteiger partial charge in [-0.1, -0.05) is 11.6 Å². The van der Waals surface area contributed by atoms with Crippen molar-refractivity contribution in [3.05, 3.63) is 46.1 Å². The lowest BCUT2D eigenvalue weighted by atomic mass is 9.97. The van der Waals surface area contributed by atoms with E-state index in [0.29, 0.717) is 30.3 Å². The maximum atomic E-state index is 12.6. The summed E-state index contributed by atoms with van der Waals surface area (Å²) in [5, 5.41) is 6.09. The Morgan fingerprint density at radius 2 is 1.93 bits per heavy atom. The van der Waals surface area contributed by atoms with E-state index in [1.165, 1.54) is 15.1 Å². The Bertz CT molecular complexity index is 1080. The number of thiophene rings is 2. The highest BCUT2D eigenvalue weighted by Gasteiger charge is 2.32. The molecule has 1 saturated heterocycles. The molecule has 1 amide bonds. The Kier molecular flexibility index (Phi) is 5.26. The van der Waals surface area contributed by atoms with Gasteiger partial charge in [0, 0.05) is 29.4 Å². The summed E-state index contributed by atoms with van der Waals surface area (Å²) in [5.41, 5.74) is 0.772. The molecule has 1 N–H and O–H groups in total. The van der Waals surface area contributed by atoms with E-state index in [4.69, 9.17) is 11.6 Å². The van der Waals surface area contributed by atoms with Crippen LogP contribution in [0, 0.1) is 5.92 Å². The summed E-state index contributed by atoms with van der Waals surface area (Å²) < 4.78 is 28.6. The topological polar surface area (TPSA) is 66.5 Å². The Morgan fingerprint density at radius 1 is 1.15 bits per heavy atom. The quantitative estimate of drug-likeness (QED) is 0.641. The number of carbonyl (C=O) groups is 1. The molecule has 0 aliphatic carbocycles. The van der Waals surface area contributed by atoms with E-state index in [-0.39, 0.29) is 16.0 Å². The molecular weight excluding hydrogens is 424 g/mol. The minimum Gasteiger partial charge on any atom is -0.326 e. The van der Waals surface area contributed by atoms with Crippen molar-refractivity contribution < 1.29 is 13.2 Å². The lowest BCUT2D eigenvalue weighted by Gasteiger charge is -2.30. The number of rotatable bonds is 4. The fourth-order valence-corrected chi connectivity index (χ4v) is 7.09. The summed E-state index contributed by atoms with van der Waals surface area (Å²) in [6.45, 7) is 0.666. The second-order valence-electron chi connectivity index (χ2n) is 6.40. The zero-order chi connectivity index (χ0) is 19.0. The SMILES string of the molecule is O=C(Nc1ccc2sccc2c1)C1CCN(S(=O)(=O)c2ccc(Cl)s2)CC1. The molecule has 27 heavy (non-hydrogen) atoms. The largest absolute Gasteiger partial charge is 0.326 e. The van der Waals surface area contributed by atoms with Gasteiger partial charge in [-0.3, -0.25) is 4.79 Å². The number of hydrogen-bond acceptors (Lipinski definition) is 5. The van der Waals surface area contributed by atoms with Crippen LogP contribution >= 0.6 is 34.3 Å². The van der Waals surface area contributed by atoms with E-state index >= 15 is 0 Å². The summed E-state index contributed by atoms with van der Waals surface area (Å²) in [7, 11) is -3.53. The van der Waals surface area contributed by atoms with Gasteiger partial charge in [-0.2, -0.15) is 4.31 Å². The van der Waals surface area contributed by atoms with Crippen LogP contribution in [-0.2, 0) is 14.8 Å². The molecule has 4 rings (SSSR count). The summed E-state index contributed by atoms with van der Waals surface area (Å²) in [6, 6.07) is 11.0. The van der Waals surface area contributed by atoms with Crippen LogP contribution in [0.5, 0.6) is 0 Å². The molecule has 1 aliphatic heterocycles. The van der Waals surface area contributed by atoms with E-state index in [9.17, 15) is 13.2 Å². The van der Waals surface area contributed by atoms with Crippen LogP contribution in [0.1, 0.15) is 12.8 Å². The molecule has 3 aromatic rings. The average Bonchev–Trinajstić information content (AvgIpc) is 3.30. The van der Waals surface area contributed by atoms with Crippen LogP contribution in [0.15, 0.2) is 46.0 Å². The molecule has 3 heterocycles. The monoisotopic (exact) mass is 440 g/mol. The molecule has 2 aromatic heterocycles. The van der Waals surface area contributed by atoms with Gasteiger partial charge in [-0.15, -0.1) is 22.7 Å². The normalized spacial score (nSPS) is 16.6. The molecule has 1 fully saturated rings. The molecule has 0 bridgehead atoms. The third kappa shape index (κ3) is 3.90. The minimum atomic E-state index is -3.53. The standard InChI is InChI=1S/C18H17ClN2O3S3/c19-16-3-4-17(26-16)27(23,24)21-8-5-12(6-9-21)18(22)20-14-1-2-15-13(11-14)7-10-25-15/h1-4,7,10-12H,5-6,8-9H2,(H,20,22). The number of nitrogens with zero attached hydrogens (tertiary/aromatic N) is 1. The molecule has 0 saturated carbocycles. The molecule has 9 heteroatoms. The number of halogens is 1. The number of nitrogens with one attached hydrogen (secondary N) is 1. The fourth-order valence-electron chi connectivity index (χ4n) is 3.21. The number of amides is 1. The fraction of sp³-hybridized carbons (Fsp3) is 0.278. The Labute approximate surface area is 170 Å². The van der Waals surface area contributed by atoms with Crippen molar-refractivity contribution in [1.82, 2.24) is 4.31 Å². The Morgan fingerprint density at radius 3 is 2.63 bits per heavy atom. The first-order valence-electron chi connectivity index (χ1n) is 8.47. The highest BCUT2D eigenvalue weighted by atomic mass is 35.5. The number of fused-ring (bicyclic) bond motifs is 1. The average molecular weight is 441 g/mol. The van der Waals surface area contributed by atoms with Crippen LogP contribution in [-0.4, -0.2) is 31.7 Å². The summed E-state index contributed by atoms with van der Waals surface area (Å²) in [6.07, 6.45) is 1.01. The van der Waals surface area contributed by atoms with Gasteiger partial charge in [0.05, 0.1) is 4.34 Å². The van der Waals surface area contributed by atoms with E-state index in [1.807, 2.05) is 29.6 Å². The van der Waals surface area contributed by atoms with Crippen molar-refractivity contribution in [2.45, 2.75) is 17.1 Å². The predicted molar refractivity (Wildman–Crippen MR) is 111 cm³/mol. The van der Waals surface area contributed by atoms with Crippen LogP contribution in [0.3, 0.4) is 0 Å². The maximum Gasteiger partial charge on any atom is 0.252 e. The first-order chi connectivity index (χ1) is 12.9. The summed E-state index contributed by atoms with van der Waals surface area (Å²) >= 11 is 8.58. The van der Waals surface area contributed by atoms with Gasteiger partial charge in [0.1, 0.15) is 4.21 Å². The van der Waals surface area contributed by atoms with E-state index in [1.54, 1.807) is 17.4 Å². The first-order valence-corrected chi connectivity index (χ1v) is 12.0. The van der Waals surface area contributed by atoms with Gasteiger partial charge >= 0.3 is 0 Å². The zero-order valence-electron chi connectivity index (χ0n) is 14.2. The number of piperidine rings is 1. The van der Waals surface area contributed by atoms with Crippen molar-refractivity contribution in [2.24, 2.45) is 5.92 Å². The predicted octanol–water partition coefficient (Wildman–Crippen LogP) is 4.66. The van der Waals surface area contributed by atoms with Gasteiger partial charge in [0.25, 0.3) is 10.0 Å². The molecular formula is C18H17ClN2O3S3. The van der Waals surface area contributed by atoms with Gasteiger partial charge in [0.15, 0.2) is 0 Å². The van der Waals surface area contributed by atoms with Gasteiger partial charge in [-0.05, 0) is 60.0 Å². The molecule has 142 valence electrons. The van der Waals surface area contributed by atoms with Crippen molar-refractivity contribution >= 4 is 66.0 Å². The molecule has 0 radical (unpaired) electrons. The molecule has 1 aromatic carbocycles. The van der Waals surface area contributed by atoms with E-state index < -0.39 is 10.0 Å². The Balaban J connectivity index is 1.39. The van der Waals surface area contributed by atoms with Crippen LogP contribution in [0.25, 0.3) is 10.1 Å². The van der Waals surface area contributed by atoms with Crippen molar-refractivity contribution in [3.8, 4) is 0 Å². The minimum absolute atomic E-state index is 0.0548. The number of anilines is 1. The van der Waals surface area contributed by atoms with Gasteiger partial charge < -0.3 is 5.32 Å². The smallest absolute Gasteiger partial charge is 0.252 e. The van der Waals surface area contributed by atoms with Crippen molar-refractivity contribution in [3.63, 3.8) is 0 Å². The molecule has 0 unspecified atom stereocenters. The number of hydrogen-bond donors (Lipinski definition) is 1. The third-order valence-corrected chi connectivity index (χ3v) is 9.18. The highest BCUT2D eigenvalue weighted by Crippen LogP contribution is 2.31. The van der Waals surface area contributed by atoms with Crippen molar-refractivity contribution in [2.75, 3.05) is 18.4 Å². The Hall–Kier alpha value is -1.45. The third-order valence-electron chi connectivity index (χ3n) is 4.69. The second kappa shape index (κ2) is 7.52. The zero-order valence-corrected chi connectivity index (χ0v) is 17.4. The number of benzene rings is 1. The first kappa shape index (κ1) is 18.9.